The summed E-state index contributed by atoms with van der Waals surface area (Å²) in [6.45, 7) is 4.32. The van der Waals surface area contributed by atoms with E-state index in [4.69, 9.17) is 14.6 Å². The highest BCUT2D eigenvalue weighted by atomic mass is 16.5. The van der Waals surface area contributed by atoms with Gasteiger partial charge in [0.05, 0.1) is 6.10 Å². The number of amides is 2. The normalized spacial score (nSPS) is 19.6. The van der Waals surface area contributed by atoms with Crippen LogP contribution in [0.25, 0.3) is 11.1 Å². The van der Waals surface area contributed by atoms with Crippen molar-refractivity contribution in [2.24, 2.45) is 5.92 Å². The number of aliphatic carboxylic acids is 1. The molecule has 8 nitrogen and oxygen atoms in total. The zero-order chi connectivity index (χ0) is 24.9. The van der Waals surface area contributed by atoms with Gasteiger partial charge in [0.2, 0.25) is 5.91 Å². The van der Waals surface area contributed by atoms with Gasteiger partial charge in [-0.3, -0.25) is 4.79 Å². The van der Waals surface area contributed by atoms with Crippen LogP contribution in [0.4, 0.5) is 4.79 Å². The molecule has 2 aromatic carbocycles. The fraction of sp³-hybridized carbons (Fsp3) is 0.444. The fourth-order valence-corrected chi connectivity index (χ4v) is 4.78. The molecule has 2 aliphatic rings. The van der Waals surface area contributed by atoms with Gasteiger partial charge in [0, 0.05) is 24.9 Å². The maximum absolute atomic E-state index is 12.6. The third-order valence-electron chi connectivity index (χ3n) is 6.77. The Hall–Kier alpha value is -3.39. The molecule has 4 rings (SSSR count). The first-order valence-corrected chi connectivity index (χ1v) is 12.1. The van der Waals surface area contributed by atoms with Crippen molar-refractivity contribution in [1.29, 1.82) is 0 Å². The Bertz CT molecular complexity index is 1040. The smallest absolute Gasteiger partial charge is 0.407 e. The molecule has 3 N–H and O–H groups in total. The molecule has 2 unspecified atom stereocenters. The summed E-state index contributed by atoms with van der Waals surface area (Å²) in [6, 6.07) is 15.9. The zero-order valence-corrected chi connectivity index (χ0v) is 20.0. The second-order valence-electron chi connectivity index (χ2n) is 9.49. The first-order valence-electron chi connectivity index (χ1n) is 12.1. The number of carboxylic acid groups (broad SMARTS) is 1. The molecule has 3 atom stereocenters. The predicted molar refractivity (Wildman–Crippen MR) is 130 cm³/mol. The predicted octanol–water partition coefficient (Wildman–Crippen LogP) is 3.69. The Morgan fingerprint density at radius 1 is 1.03 bits per heavy atom. The Morgan fingerprint density at radius 3 is 2.23 bits per heavy atom. The van der Waals surface area contributed by atoms with E-state index in [1.54, 1.807) is 0 Å². The standard InChI is InChI=1S/C27H32N2O6/c1-16(2)23(13-25(30)28-14-17-11-12-24(35-17)26(31)32)29-27(33)34-15-22-20-9-5-3-7-18(20)19-8-4-6-10-21(19)22/h3-10,16-17,22-24H,11-15H2,1-2H3,(H,28,30)(H,29,33)(H,31,32)/t17?,23-,24?/m1/s1. The van der Waals surface area contributed by atoms with E-state index < -0.39 is 24.2 Å². The van der Waals surface area contributed by atoms with Crippen LogP contribution in [0.5, 0.6) is 0 Å². The molecule has 1 saturated heterocycles. The molecule has 8 heteroatoms. The molecule has 1 heterocycles. The van der Waals surface area contributed by atoms with Crippen LogP contribution in [-0.4, -0.2) is 54.5 Å². The number of ether oxygens (including phenoxy) is 2. The Labute approximate surface area is 205 Å². The van der Waals surface area contributed by atoms with Gasteiger partial charge in [-0.2, -0.15) is 0 Å². The molecular formula is C27H32N2O6. The van der Waals surface area contributed by atoms with Gasteiger partial charge in [0.1, 0.15) is 6.61 Å². The summed E-state index contributed by atoms with van der Waals surface area (Å²) in [7, 11) is 0. The van der Waals surface area contributed by atoms with Crippen LogP contribution < -0.4 is 10.6 Å². The van der Waals surface area contributed by atoms with Crippen molar-refractivity contribution in [3.05, 3.63) is 59.7 Å². The third kappa shape index (κ3) is 5.82. The lowest BCUT2D eigenvalue weighted by Crippen LogP contribution is -2.43. The number of benzene rings is 2. The molecule has 0 radical (unpaired) electrons. The number of rotatable bonds is 9. The van der Waals surface area contributed by atoms with E-state index in [-0.39, 0.29) is 43.4 Å². The van der Waals surface area contributed by atoms with Crippen molar-refractivity contribution < 1.29 is 29.0 Å². The monoisotopic (exact) mass is 480 g/mol. The number of carboxylic acids is 1. The minimum Gasteiger partial charge on any atom is -0.479 e. The summed E-state index contributed by atoms with van der Waals surface area (Å²) in [5.74, 6) is -1.23. The molecule has 1 fully saturated rings. The van der Waals surface area contributed by atoms with Crippen molar-refractivity contribution >= 4 is 18.0 Å². The van der Waals surface area contributed by atoms with Gasteiger partial charge in [0.15, 0.2) is 6.10 Å². The van der Waals surface area contributed by atoms with Gasteiger partial charge in [-0.1, -0.05) is 62.4 Å². The highest BCUT2D eigenvalue weighted by Gasteiger charge is 2.31. The highest BCUT2D eigenvalue weighted by molar-refractivity contribution is 5.79. The summed E-state index contributed by atoms with van der Waals surface area (Å²) >= 11 is 0. The van der Waals surface area contributed by atoms with Crippen LogP contribution >= 0.6 is 0 Å². The average Bonchev–Trinajstić information content (AvgIpc) is 3.44. The molecule has 35 heavy (non-hydrogen) atoms. The summed E-state index contributed by atoms with van der Waals surface area (Å²) in [5, 5.41) is 14.6. The second-order valence-corrected chi connectivity index (χ2v) is 9.49. The largest absolute Gasteiger partial charge is 0.479 e. The molecule has 0 aromatic heterocycles. The van der Waals surface area contributed by atoms with Crippen molar-refractivity contribution in [2.75, 3.05) is 13.2 Å². The minimum absolute atomic E-state index is 0.0142. The summed E-state index contributed by atoms with van der Waals surface area (Å²) in [6.07, 6.45) is -0.557. The van der Waals surface area contributed by atoms with Crippen LogP contribution in [0.15, 0.2) is 48.5 Å². The van der Waals surface area contributed by atoms with Gasteiger partial charge in [-0.15, -0.1) is 0 Å². The van der Waals surface area contributed by atoms with Gasteiger partial charge < -0.3 is 25.2 Å². The van der Waals surface area contributed by atoms with E-state index in [9.17, 15) is 14.4 Å². The van der Waals surface area contributed by atoms with Crippen molar-refractivity contribution in [2.45, 2.75) is 57.3 Å². The molecule has 0 spiro atoms. The lowest BCUT2D eigenvalue weighted by atomic mass is 9.98. The molecule has 0 bridgehead atoms. The number of nitrogens with one attached hydrogen (secondary N) is 2. The zero-order valence-electron chi connectivity index (χ0n) is 20.0. The highest BCUT2D eigenvalue weighted by Crippen LogP contribution is 2.44. The minimum atomic E-state index is -0.981. The molecule has 2 amide bonds. The molecule has 1 aliphatic heterocycles. The number of carbonyl (C=O) groups excluding carboxylic acids is 2. The number of hydrogen-bond donors (Lipinski definition) is 3. The van der Waals surface area contributed by atoms with Gasteiger partial charge in [0.25, 0.3) is 0 Å². The van der Waals surface area contributed by atoms with Gasteiger partial charge in [-0.05, 0) is 41.0 Å². The fourth-order valence-electron chi connectivity index (χ4n) is 4.78. The Balaban J connectivity index is 1.28. The number of fused-ring (bicyclic) bond motifs is 3. The average molecular weight is 481 g/mol. The van der Waals surface area contributed by atoms with E-state index in [1.807, 2.05) is 38.1 Å². The number of hydrogen-bond acceptors (Lipinski definition) is 5. The first-order chi connectivity index (χ1) is 16.8. The van der Waals surface area contributed by atoms with Gasteiger partial charge in [-0.25, -0.2) is 9.59 Å². The lowest BCUT2D eigenvalue weighted by molar-refractivity contribution is -0.149. The first kappa shape index (κ1) is 24.7. The Kier molecular flexibility index (Phi) is 7.70. The second kappa shape index (κ2) is 10.9. The number of carbonyl (C=O) groups is 3. The SMILES string of the molecule is CC(C)[C@@H](CC(=O)NCC1CCC(C(=O)O)O1)NC(=O)OCC1c2ccccc2-c2ccccc21. The van der Waals surface area contributed by atoms with Crippen molar-refractivity contribution in [1.82, 2.24) is 10.6 Å². The van der Waals surface area contributed by atoms with Crippen molar-refractivity contribution in [3.8, 4) is 11.1 Å². The molecule has 186 valence electrons. The van der Waals surface area contributed by atoms with E-state index in [1.165, 1.54) is 0 Å². The summed E-state index contributed by atoms with van der Waals surface area (Å²) < 4.78 is 11.0. The molecule has 2 aromatic rings. The van der Waals surface area contributed by atoms with Crippen LogP contribution in [0, 0.1) is 5.92 Å². The van der Waals surface area contributed by atoms with Crippen molar-refractivity contribution in [3.63, 3.8) is 0 Å². The quantitative estimate of drug-likeness (QED) is 0.504. The summed E-state index contributed by atoms with van der Waals surface area (Å²) in [5.41, 5.74) is 4.60. The Morgan fingerprint density at radius 2 is 1.66 bits per heavy atom. The van der Waals surface area contributed by atoms with Crippen LogP contribution in [-0.2, 0) is 19.1 Å². The van der Waals surface area contributed by atoms with E-state index in [0.29, 0.717) is 12.8 Å². The molecule has 1 aliphatic carbocycles. The lowest BCUT2D eigenvalue weighted by Gasteiger charge is -2.23. The van der Waals surface area contributed by atoms with Crippen LogP contribution in [0.2, 0.25) is 0 Å². The molecular weight excluding hydrogens is 448 g/mol. The summed E-state index contributed by atoms with van der Waals surface area (Å²) in [4.78, 5) is 36.1. The van der Waals surface area contributed by atoms with E-state index >= 15 is 0 Å². The third-order valence-corrected chi connectivity index (χ3v) is 6.77. The van der Waals surface area contributed by atoms with Gasteiger partial charge >= 0.3 is 12.1 Å². The number of alkyl carbamates (subject to hydrolysis) is 1. The van der Waals surface area contributed by atoms with E-state index in [2.05, 4.69) is 34.9 Å². The maximum atomic E-state index is 12.6. The van der Waals surface area contributed by atoms with Crippen LogP contribution in [0.3, 0.4) is 0 Å². The molecule has 0 saturated carbocycles. The van der Waals surface area contributed by atoms with E-state index in [0.717, 1.165) is 22.3 Å². The maximum Gasteiger partial charge on any atom is 0.407 e. The topological polar surface area (TPSA) is 114 Å². The van der Waals surface area contributed by atoms with Crippen LogP contribution in [0.1, 0.15) is 50.2 Å².